The van der Waals surface area contributed by atoms with Crippen LogP contribution in [-0.4, -0.2) is 44.5 Å². The summed E-state index contributed by atoms with van der Waals surface area (Å²) in [5, 5.41) is 15.5. The quantitative estimate of drug-likeness (QED) is 0.256. The van der Waals surface area contributed by atoms with Gasteiger partial charge in [0.1, 0.15) is 0 Å². The second kappa shape index (κ2) is 8.53. The molecule has 0 aliphatic carbocycles. The van der Waals surface area contributed by atoms with Crippen LogP contribution in [0.5, 0.6) is 0 Å². The first kappa shape index (κ1) is 23.0. The summed E-state index contributed by atoms with van der Waals surface area (Å²) in [4.78, 5) is 32.4. The van der Waals surface area contributed by atoms with Gasteiger partial charge in [0.15, 0.2) is 0 Å². The molecule has 1 aliphatic heterocycles. The van der Waals surface area contributed by atoms with Crippen LogP contribution in [0.15, 0.2) is 91.0 Å². The van der Waals surface area contributed by atoms with E-state index in [0.29, 0.717) is 17.7 Å². The average Bonchev–Trinajstić information content (AvgIpc) is 3.61. The van der Waals surface area contributed by atoms with E-state index in [-0.39, 0.29) is 25.0 Å². The number of imide groups is 1. The molecule has 2 N–H and O–H groups in total. The molecule has 0 unspecified atom stereocenters. The van der Waals surface area contributed by atoms with E-state index in [1.807, 2.05) is 42.5 Å². The Morgan fingerprint density at radius 1 is 0.675 bits per heavy atom. The molecule has 1 aliphatic rings. The number of nitrogens with one attached hydrogen (secondary N) is 1. The summed E-state index contributed by atoms with van der Waals surface area (Å²) < 4.78 is 2.30. The summed E-state index contributed by atoms with van der Waals surface area (Å²) in [6.07, 6.45) is 0.803. The summed E-state index contributed by atoms with van der Waals surface area (Å²) in [5.41, 5.74) is 5.85. The number of aliphatic hydroxyl groups excluding tert-OH is 1. The van der Waals surface area contributed by atoms with Crippen molar-refractivity contribution < 1.29 is 14.7 Å². The second-order valence-electron chi connectivity index (χ2n) is 10.4. The summed E-state index contributed by atoms with van der Waals surface area (Å²) >= 11 is 0. The Kier molecular flexibility index (Phi) is 4.90. The molecule has 3 heterocycles. The molecule has 194 valence electrons. The molecule has 8 rings (SSSR count). The summed E-state index contributed by atoms with van der Waals surface area (Å²) in [6.45, 7) is 0.388. The Balaban J connectivity index is 1.47. The molecule has 40 heavy (non-hydrogen) atoms. The van der Waals surface area contributed by atoms with Crippen LogP contribution in [0.3, 0.4) is 0 Å². The monoisotopic (exact) mass is 523 g/mol. The minimum atomic E-state index is -0.349. The van der Waals surface area contributed by atoms with E-state index in [0.717, 1.165) is 50.0 Å². The number of rotatable bonds is 5. The van der Waals surface area contributed by atoms with Gasteiger partial charge in [-0.3, -0.25) is 14.5 Å². The van der Waals surface area contributed by atoms with Crippen molar-refractivity contribution in [2.45, 2.75) is 13.0 Å². The van der Waals surface area contributed by atoms with Crippen molar-refractivity contribution in [3.8, 4) is 0 Å². The highest BCUT2D eigenvalue weighted by atomic mass is 16.3. The fourth-order valence-electron chi connectivity index (χ4n) is 6.71. The van der Waals surface area contributed by atoms with Crippen LogP contribution in [0, 0.1) is 0 Å². The van der Waals surface area contributed by atoms with Gasteiger partial charge < -0.3 is 14.7 Å². The van der Waals surface area contributed by atoms with Gasteiger partial charge in [-0.2, -0.15) is 0 Å². The molecular weight excluding hydrogens is 498 g/mol. The van der Waals surface area contributed by atoms with Crippen molar-refractivity contribution in [2.75, 3.05) is 13.2 Å². The zero-order valence-electron chi connectivity index (χ0n) is 21.6. The Morgan fingerprint density at radius 3 is 2.17 bits per heavy atom. The number of carbonyl (C=O) groups excluding carboxylic acids is 2. The van der Waals surface area contributed by atoms with Crippen LogP contribution in [0.2, 0.25) is 0 Å². The van der Waals surface area contributed by atoms with Crippen LogP contribution in [-0.2, 0) is 13.0 Å². The molecule has 0 bridgehead atoms. The molecule has 0 saturated carbocycles. The van der Waals surface area contributed by atoms with E-state index >= 15 is 0 Å². The molecule has 0 spiro atoms. The third kappa shape index (κ3) is 3.02. The Morgan fingerprint density at radius 2 is 1.35 bits per heavy atom. The van der Waals surface area contributed by atoms with Gasteiger partial charge in [0.05, 0.1) is 35.3 Å². The molecule has 6 nitrogen and oxygen atoms in total. The number of H-pyrrole nitrogens is 1. The van der Waals surface area contributed by atoms with Gasteiger partial charge in [0, 0.05) is 39.1 Å². The number of carbonyl (C=O) groups is 2. The number of benzene rings is 5. The lowest BCUT2D eigenvalue weighted by atomic mass is 9.96. The third-order valence-corrected chi connectivity index (χ3v) is 8.39. The number of aliphatic hydroxyl groups is 1. The van der Waals surface area contributed by atoms with Crippen molar-refractivity contribution in [2.24, 2.45) is 0 Å². The van der Waals surface area contributed by atoms with Crippen molar-refractivity contribution in [3.63, 3.8) is 0 Å². The highest BCUT2D eigenvalue weighted by molar-refractivity contribution is 6.39. The molecular formula is C34H25N3O3. The molecule has 6 heteroatoms. The van der Waals surface area contributed by atoms with Crippen LogP contribution >= 0.6 is 0 Å². The van der Waals surface area contributed by atoms with E-state index in [1.165, 1.54) is 21.2 Å². The molecule has 0 fully saturated rings. The lowest BCUT2D eigenvalue weighted by Crippen LogP contribution is -2.32. The van der Waals surface area contributed by atoms with E-state index in [1.54, 1.807) is 0 Å². The van der Waals surface area contributed by atoms with Gasteiger partial charge in [-0.15, -0.1) is 0 Å². The minimum absolute atomic E-state index is 0.0303. The second-order valence-corrected chi connectivity index (χ2v) is 10.4. The van der Waals surface area contributed by atoms with Crippen LogP contribution in [0.4, 0.5) is 0 Å². The lowest BCUT2D eigenvalue weighted by Gasteiger charge is -2.11. The lowest BCUT2D eigenvalue weighted by molar-refractivity contribution is 0.0625. The molecule has 0 atom stereocenters. The summed E-state index contributed by atoms with van der Waals surface area (Å²) in [6, 6.07) is 30.9. The molecule has 7 aromatic rings. The van der Waals surface area contributed by atoms with Crippen LogP contribution < -0.4 is 0 Å². The van der Waals surface area contributed by atoms with E-state index in [9.17, 15) is 14.7 Å². The number of para-hydroxylation sites is 2. The maximum absolute atomic E-state index is 13.9. The highest BCUT2D eigenvalue weighted by Crippen LogP contribution is 2.45. The first-order valence-electron chi connectivity index (χ1n) is 13.6. The molecule has 0 radical (unpaired) electrons. The number of nitrogens with zero attached hydrogens (tertiary/aromatic N) is 2. The van der Waals surface area contributed by atoms with E-state index in [2.05, 4.69) is 58.1 Å². The fourth-order valence-corrected chi connectivity index (χ4v) is 6.71. The van der Waals surface area contributed by atoms with Gasteiger partial charge in [-0.25, -0.2) is 0 Å². The van der Waals surface area contributed by atoms with Crippen molar-refractivity contribution in [1.29, 1.82) is 0 Å². The zero-order chi connectivity index (χ0) is 27.0. The van der Waals surface area contributed by atoms with E-state index < -0.39 is 0 Å². The standard InChI is InChI=1S/C34H25N3O3/c38-19-18-37-33(39)29-27-23-12-3-5-14-25(23)35-31(27)32-28(30(29)34(37)40)24-13-4-6-15-26(24)36(32)17-16-21-10-7-9-20-8-1-2-11-22(20)21/h1-15,35,38H,16-19H2. The fraction of sp³-hybridized carbons (Fsp3) is 0.118. The normalized spacial score (nSPS) is 13.6. The van der Waals surface area contributed by atoms with Gasteiger partial charge in [0.25, 0.3) is 11.8 Å². The number of aromatic nitrogens is 2. The van der Waals surface area contributed by atoms with Gasteiger partial charge in [-0.1, -0.05) is 78.9 Å². The van der Waals surface area contributed by atoms with Gasteiger partial charge >= 0.3 is 0 Å². The Bertz CT molecular complexity index is 2180. The topological polar surface area (TPSA) is 78.3 Å². The number of hydrogen-bond acceptors (Lipinski definition) is 3. The van der Waals surface area contributed by atoms with Gasteiger partial charge in [-0.05, 0) is 34.9 Å². The highest BCUT2D eigenvalue weighted by Gasteiger charge is 2.41. The SMILES string of the molecule is O=C1c2c(c3c4ccccc4n(CCc4cccc5ccccc45)c3c3[nH]c4ccccc4c23)C(=O)N1CCO. The number of fused-ring (bicyclic) bond motifs is 11. The number of aromatic amines is 1. The number of aryl methyl sites for hydroxylation is 2. The smallest absolute Gasteiger partial charge is 0.262 e. The molecule has 2 aromatic heterocycles. The van der Waals surface area contributed by atoms with E-state index in [4.69, 9.17) is 0 Å². The first-order chi connectivity index (χ1) is 19.7. The van der Waals surface area contributed by atoms with Crippen LogP contribution in [0.1, 0.15) is 26.3 Å². The molecule has 5 aromatic carbocycles. The first-order valence-corrected chi connectivity index (χ1v) is 13.6. The Hall–Kier alpha value is -4.94. The number of hydrogen-bond donors (Lipinski definition) is 2. The van der Waals surface area contributed by atoms with Gasteiger partial charge in [0.2, 0.25) is 0 Å². The Labute approximate surface area is 229 Å². The summed E-state index contributed by atoms with van der Waals surface area (Å²) in [5.74, 6) is -0.693. The largest absolute Gasteiger partial charge is 0.395 e. The molecule has 2 amide bonds. The predicted octanol–water partition coefficient (Wildman–Crippen LogP) is 6.41. The number of β-amino-alcohol motifs (C(OH)–C–C–N with tert-alkyl or cyclic N) is 1. The third-order valence-electron chi connectivity index (χ3n) is 8.39. The van der Waals surface area contributed by atoms with Crippen molar-refractivity contribution >= 4 is 66.2 Å². The predicted molar refractivity (Wildman–Crippen MR) is 159 cm³/mol. The zero-order valence-corrected chi connectivity index (χ0v) is 21.6. The minimum Gasteiger partial charge on any atom is -0.395 e. The average molecular weight is 524 g/mol. The number of amides is 2. The maximum Gasteiger partial charge on any atom is 0.262 e. The summed E-state index contributed by atoms with van der Waals surface area (Å²) in [7, 11) is 0. The molecule has 0 saturated heterocycles. The van der Waals surface area contributed by atoms with Crippen LogP contribution in [0.25, 0.3) is 54.4 Å². The van der Waals surface area contributed by atoms with Crippen molar-refractivity contribution in [3.05, 3.63) is 108 Å². The maximum atomic E-state index is 13.9. The van der Waals surface area contributed by atoms with Crippen molar-refractivity contribution in [1.82, 2.24) is 14.5 Å².